The van der Waals surface area contributed by atoms with Gasteiger partial charge < -0.3 is 15.4 Å². The molecule has 2 N–H and O–H groups in total. The first kappa shape index (κ1) is 15.4. The highest BCUT2D eigenvalue weighted by Gasteiger charge is 2.57. The van der Waals surface area contributed by atoms with Crippen LogP contribution in [-0.4, -0.2) is 36.6 Å². The van der Waals surface area contributed by atoms with Crippen molar-refractivity contribution in [3.8, 4) is 0 Å². The summed E-state index contributed by atoms with van der Waals surface area (Å²) in [6.07, 6.45) is 3.30. The third-order valence-electron chi connectivity index (χ3n) is 4.52. The van der Waals surface area contributed by atoms with E-state index in [2.05, 4.69) is 15.6 Å². The zero-order chi connectivity index (χ0) is 15.6. The molecule has 2 fully saturated rings. The number of aromatic nitrogens is 1. The number of carbonyl (C=O) groups is 2. The van der Waals surface area contributed by atoms with E-state index in [1.807, 2.05) is 0 Å². The van der Waals surface area contributed by atoms with Crippen LogP contribution in [-0.2, 0) is 20.7 Å². The molecule has 0 aromatic carbocycles. The van der Waals surface area contributed by atoms with Crippen molar-refractivity contribution in [2.75, 3.05) is 25.0 Å². The Kier molecular flexibility index (Phi) is 4.44. The lowest BCUT2D eigenvalue weighted by atomic mass is 9.92. The molecule has 2 aliphatic rings. The van der Waals surface area contributed by atoms with Crippen molar-refractivity contribution in [2.24, 2.45) is 11.3 Å². The van der Waals surface area contributed by atoms with Crippen LogP contribution in [0, 0.1) is 11.3 Å². The van der Waals surface area contributed by atoms with E-state index in [4.69, 9.17) is 4.74 Å². The summed E-state index contributed by atoms with van der Waals surface area (Å²) in [5, 5.41) is 8.59. The molecule has 7 heteroatoms. The van der Waals surface area contributed by atoms with Gasteiger partial charge in [-0.3, -0.25) is 9.59 Å². The number of nitrogens with one attached hydrogen (secondary N) is 2. The summed E-state index contributed by atoms with van der Waals surface area (Å²) >= 11 is 1.36. The monoisotopic (exact) mass is 323 g/mol. The summed E-state index contributed by atoms with van der Waals surface area (Å²) in [4.78, 5) is 28.0. The molecule has 3 rings (SSSR count). The van der Waals surface area contributed by atoms with Gasteiger partial charge in [-0.2, -0.15) is 0 Å². The fourth-order valence-electron chi connectivity index (χ4n) is 3.19. The quantitative estimate of drug-likeness (QED) is 0.804. The Labute approximate surface area is 133 Å². The van der Waals surface area contributed by atoms with Gasteiger partial charge in [-0.1, -0.05) is 0 Å². The molecule has 1 amide bonds. The zero-order valence-electron chi connectivity index (χ0n) is 12.7. The van der Waals surface area contributed by atoms with Crippen LogP contribution in [0.1, 0.15) is 31.9 Å². The molecule has 1 spiro atoms. The largest absolute Gasteiger partial charge is 0.466 e. The van der Waals surface area contributed by atoms with Crippen LogP contribution in [0.15, 0.2) is 5.38 Å². The molecule has 1 saturated carbocycles. The Morgan fingerprint density at radius 1 is 1.50 bits per heavy atom. The van der Waals surface area contributed by atoms with Crippen molar-refractivity contribution in [3.05, 3.63) is 11.1 Å². The normalized spacial score (nSPS) is 22.3. The number of hydrogen-bond donors (Lipinski definition) is 2. The summed E-state index contributed by atoms with van der Waals surface area (Å²) in [6, 6.07) is 0. The molecule has 0 bridgehead atoms. The van der Waals surface area contributed by atoms with Gasteiger partial charge in [0.05, 0.1) is 18.7 Å². The van der Waals surface area contributed by atoms with Gasteiger partial charge in [0, 0.05) is 11.3 Å². The Morgan fingerprint density at radius 3 is 3.00 bits per heavy atom. The van der Waals surface area contributed by atoms with E-state index in [1.54, 1.807) is 12.3 Å². The molecule has 22 heavy (non-hydrogen) atoms. The second-order valence-corrected chi connectivity index (χ2v) is 6.84. The zero-order valence-corrected chi connectivity index (χ0v) is 13.5. The van der Waals surface area contributed by atoms with E-state index >= 15 is 0 Å². The van der Waals surface area contributed by atoms with Gasteiger partial charge in [0.2, 0.25) is 5.91 Å². The lowest BCUT2D eigenvalue weighted by Gasteiger charge is -2.22. The van der Waals surface area contributed by atoms with Crippen molar-refractivity contribution < 1.29 is 14.3 Å². The van der Waals surface area contributed by atoms with Gasteiger partial charge >= 0.3 is 5.97 Å². The number of piperidine rings is 1. The molecule has 1 aliphatic carbocycles. The highest BCUT2D eigenvalue weighted by Crippen LogP contribution is 2.58. The van der Waals surface area contributed by atoms with Crippen LogP contribution in [0.5, 0.6) is 0 Å². The van der Waals surface area contributed by atoms with Crippen LogP contribution < -0.4 is 10.6 Å². The lowest BCUT2D eigenvalue weighted by molar-refractivity contribution is -0.142. The van der Waals surface area contributed by atoms with E-state index in [-0.39, 0.29) is 29.6 Å². The Balaban J connectivity index is 1.52. The first-order chi connectivity index (χ1) is 10.6. The Bertz CT molecular complexity index is 566. The second-order valence-electron chi connectivity index (χ2n) is 5.98. The van der Waals surface area contributed by atoms with Crippen molar-refractivity contribution in [1.29, 1.82) is 0 Å². The number of amides is 1. The van der Waals surface area contributed by atoms with Crippen LogP contribution in [0.4, 0.5) is 5.13 Å². The van der Waals surface area contributed by atoms with Gasteiger partial charge in [0.1, 0.15) is 0 Å². The van der Waals surface area contributed by atoms with Gasteiger partial charge in [-0.05, 0) is 44.7 Å². The van der Waals surface area contributed by atoms with E-state index < -0.39 is 0 Å². The number of esters is 1. The average Bonchev–Trinajstić information content (AvgIpc) is 3.00. The summed E-state index contributed by atoms with van der Waals surface area (Å²) in [5.41, 5.74) is 0.867. The average molecular weight is 323 g/mol. The Hall–Kier alpha value is -1.47. The van der Waals surface area contributed by atoms with Crippen molar-refractivity contribution >= 4 is 28.3 Å². The number of carbonyl (C=O) groups excluding carboxylic acids is 2. The number of hydrogen-bond acceptors (Lipinski definition) is 6. The second kappa shape index (κ2) is 6.34. The van der Waals surface area contributed by atoms with Gasteiger partial charge in [0.25, 0.3) is 0 Å². The fraction of sp³-hybridized carbons (Fsp3) is 0.667. The molecule has 120 valence electrons. The minimum atomic E-state index is -0.290. The van der Waals surface area contributed by atoms with Crippen LogP contribution in [0.25, 0.3) is 0 Å². The maximum absolute atomic E-state index is 12.3. The predicted molar refractivity (Wildman–Crippen MR) is 83.7 cm³/mol. The maximum Gasteiger partial charge on any atom is 0.311 e. The van der Waals surface area contributed by atoms with Crippen molar-refractivity contribution in [3.63, 3.8) is 0 Å². The van der Waals surface area contributed by atoms with Gasteiger partial charge in [0.15, 0.2) is 5.13 Å². The molecule has 1 aromatic heterocycles. The minimum Gasteiger partial charge on any atom is -0.466 e. The molecular weight excluding hydrogens is 302 g/mol. The molecular formula is C15H21N3O3S. The molecule has 1 atom stereocenters. The molecule has 6 nitrogen and oxygen atoms in total. The standard InChI is InChI=1S/C15H21N3O3S/c1-2-21-12(19)7-10-9-22-14(17-10)18-13(20)11-8-15(11)3-5-16-6-4-15/h9,11,16H,2-8H2,1H3,(H,17,18,20). The topological polar surface area (TPSA) is 80.3 Å². The van der Waals surface area contributed by atoms with Gasteiger partial charge in [-0.15, -0.1) is 11.3 Å². The third-order valence-corrected chi connectivity index (χ3v) is 5.32. The molecule has 0 radical (unpaired) electrons. The lowest BCUT2D eigenvalue weighted by Crippen LogP contribution is -2.31. The van der Waals surface area contributed by atoms with Crippen LogP contribution >= 0.6 is 11.3 Å². The van der Waals surface area contributed by atoms with Crippen molar-refractivity contribution in [2.45, 2.75) is 32.6 Å². The smallest absolute Gasteiger partial charge is 0.311 e. The fourth-order valence-corrected chi connectivity index (χ4v) is 3.91. The summed E-state index contributed by atoms with van der Waals surface area (Å²) in [5.74, 6) is -0.104. The third kappa shape index (κ3) is 3.30. The van der Waals surface area contributed by atoms with E-state index in [9.17, 15) is 9.59 Å². The number of thiazole rings is 1. The maximum atomic E-state index is 12.3. The highest BCUT2D eigenvalue weighted by molar-refractivity contribution is 7.13. The van der Waals surface area contributed by atoms with Crippen molar-refractivity contribution in [1.82, 2.24) is 10.3 Å². The summed E-state index contributed by atoms with van der Waals surface area (Å²) < 4.78 is 4.89. The highest BCUT2D eigenvalue weighted by atomic mass is 32.1. The SMILES string of the molecule is CCOC(=O)Cc1csc(NC(=O)C2CC23CCNCC3)n1. The first-order valence-corrected chi connectivity index (χ1v) is 8.62. The van der Waals surface area contributed by atoms with E-state index in [0.29, 0.717) is 17.4 Å². The summed E-state index contributed by atoms with van der Waals surface area (Å²) in [7, 11) is 0. The summed E-state index contributed by atoms with van der Waals surface area (Å²) in [6.45, 7) is 4.15. The molecule has 1 unspecified atom stereocenters. The number of rotatable bonds is 5. The predicted octanol–water partition coefficient (Wildman–Crippen LogP) is 1.58. The minimum absolute atomic E-state index is 0.0685. The molecule has 1 aliphatic heterocycles. The van der Waals surface area contributed by atoms with E-state index in [0.717, 1.165) is 32.4 Å². The number of anilines is 1. The number of nitrogens with zero attached hydrogens (tertiary/aromatic N) is 1. The molecule has 1 aromatic rings. The van der Waals surface area contributed by atoms with Crippen LogP contribution in [0.3, 0.4) is 0 Å². The molecule has 1 saturated heterocycles. The first-order valence-electron chi connectivity index (χ1n) is 7.74. The molecule has 2 heterocycles. The van der Waals surface area contributed by atoms with E-state index in [1.165, 1.54) is 11.3 Å². The number of ether oxygens (including phenoxy) is 1. The van der Waals surface area contributed by atoms with Gasteiger partial charge in [-0.25, -0.2) is 4.98 Å². The Morgan fingerprint density at radius 2 is 2.27 bits per heavy atom. The van der Waals surface area contributed by atoms with Crippen LogP contribution in [0.2, 0.25) is 0 Å².